The fourth-order valence-electron chi connectivity index (χ4n) is 4.12. The molecule has 0 amide bonds. The number of benzene rings is 2. The summed E-state index contributed by atoms with van der Waals surface area (Å²) in [7, 11) is 0. The maximum Gasteiger partial charge on any atom is 0.338 e. The summed E-state index contributed by atoms with van der Waals surface area (Å²) in [5, 5.41) is 5.29. The molecule has 0 radical (unpaired) electrons. The van der Waals surface area contributed by atoms with Crippen molar-refractivity contribution in [3.63, 3.8) is 0 Å². The van der Waals surface area contributed by atoms with E-state index < -0.39 is 0 Å². The van der Waals surface area contributed by atoms with Crippen LogP contribution in [0.5, 0.6) is 0 Å². The van der Waals surface area contributed by atoms with Gasteiger partial charge in [0.05, 0.1) is 18.2 Å². The first-order valence-electron chi connectivity index (χ1n) is 10.1. The molecule has 0 saturated heterocycles. The number of H-pyrrole nitrogens is 1. The molecule has 4 rings (SSSR count). The number of fused-ring (bicyclic) bond motifs is 3. The third-order valence-electron chi connectivity index (χ3n) is 5.43. The second kappa shape index (κ2) is 8.25. The molecular weight excluding hydrogens is 382 g/mol. The molecule has 3 aromatic rings. The first-order valence-corrected chi connectivity index (χ1v) is 10.5. The predicted octanol–water partition coefficient (Wildman–Crippen LogP) is 5.05. The van der Waals surface area contributed by atoms with Gasteiger partial charge in [0, 0.05) is 28.8 Å². The molecule has 6 heteroatoms. The van der Waals surface area contributed by atoms with Crippen molar-refractivity contribution in [2.75, 3.05) is 18.5 Å². The number of hydrogen-bond donors (Lipinski definition) is 2. The van der Waals surface area contributed by atoms with E-state index in [1.54, 1.807) is 19.1 Å². The third kappa shape index (κ3) is 3.72. The second-order valence-corrected chi connectivity index (χ2v) is 7.55. The van der Waals surface area contributed by atoms with Crippen LogP contribution in [-0.2, 0) is 11.2 Å². The molecule has 1 aliphatic rings. The Hall–Kier alpha value is -2.86. The smallest absolute Gasteiger partial charge is 0.338 e. The van der Waals surface area contributed by atoms with Crippen molar-refractivity contribution in [3.8, 4) is 0 Å². The van der Waals surface area contributed by atoms with Gasteiger partial charge in [-0.1, -0.05) is 31.2 Å². The molecule has 0 fully saturated rings. The maximum atomic E-state index is 12.0. The fourth-order valence-corrected chi connectivity index (χ4v) is 4.46. The zero-order chi connectivity index (χ0) is 20.4. The number of anilines is 1. The number of nitrogens with one attached hydrogen (secondary N) is 2. The molecule has 5 nitrogen and oxygen atoms in total. The molecule has 2 N–H and O–H groups in total. The standard InChI is InChI=1S/C23H25N3O2S/c1-3-20-21-18(17-10-5-6-11-19(17)25-21)12-13-26(20)23(29)24-16-9-7-8-15(14-16)22(27)28-4-2/h5-11,14,20,25H,3-4,12-13H2,1-2H3,(H,24,29). The Morgan fingerprint density at radius 1 is 1.24 bits per heavy atom. The van der Waals surface area contributed by atoms with E-state index in [1.165, 1.54) is 22.2 Å². The Balaban J connectivity index is 1.56. The number of aromatic nitrogens is 1. The molecule has 1 aliphatic heterocycles. The summed E-state index contributed by atoms with van der Waals surface area (Å²) >= 11 is 5.75. The van der Waals surface area contributed by atoms with Crippen LogP contribution in [0.4, 0.5) is 5.69 Å². The molecule has 0 aliphatic carbocycles. The van der Waals surface area contributed by atoms with Crippen molar-refractivity contribution in [1.29, 1.82) is 0 Å². The lowest BCUT2D eigenvalue weighted by molar-refractivity contribution is 0.0526. The van der Waals surface area contributed by atoms with Gasteiger partial charge in [0.15, 0.2) is 5.11 Å². The number of esters is 1. The quantitative estimate of drug-likeness (QED) is 0.468. The number of aromatic amines is 1. The third-order valence-corrected chi connectivity index (χ3v) is 5.77. The number of rotatable bonds is 4. The van der Waals surface area contributed by atoms with Crippen molar-refractivity contribution >= 4 is 39.9 Å². The zero-order valence-electron chi connectivity index (χ0n) is 16.7. The van der Waals surface area contributed by atoms with Crippen LogP contribution >= 0.6 is 12.2 Å². The Kier molecular flexibility index (Phi) is 5.53. The number of nitrogens with zero attached hydrogens (tertiary/aromatic N) is 1. The van der Waals surface area contributed by atoms with Gasteiger partial charge in [-0.15, -0.1) is 0 Å². The Labute approximate surface area is 176 Å². The maximum absolute atomic E-state index is 12.0. The van der Waals surface area contributed by atoms with E-state index in [9.17, 15) is 4.79 Å². The first-order chi connectivity index (χ1) is 14.1. The van der Waals surface area contributed by atoms with Crippen molar-refractivity contribution in [2.45, 2.75) is 32.7 Å². The first kappa shape index (κ1) is 19.5. The van der Waals surface area contributed by atoms with Gasteiger partial charge in [-0.25, -0.2) is 4.79 Å². The number of para-hydroxylation sites is 1. The summed E-state index contributed by atoms with van der Waals surface area (Å²) < 4.78 is 5.09. The number of carbonyl (C=O) groups is 1. The Bertz CT molecular complexity index is 1060. The van der Waals surface area contributed by atoms with Crippen molar-refractivity contribution in [3.05, 3.63) is 65.4 Å². The minimum Gasteiger partial charge on any atom is -0.462 e. The predicted molar refractivity (Wildman–Crippen MR) is 120 cm³/mol. The van der Waals surface area contributed by atoms with E-state index in [2.05, 4.69) is 46.4 Å². The van der Waals surface area contributed by atoms with Gasteiger partial charge in [-0.05, 0) is 61.8 Å². The van der Waals surface area contributed by atoms with Gasteiger partial charge in [0.2, 0.25) is 0 Å². The second-order valence-electron chi connectivity index (χ2n) is 7.16. The summed E-state index contributed by atoms with van der Waals surface area (Å²) in [6, 6.07) is 15.9. The van der Waals surface area contributed by atoms with Crippen LogP contribution in [-0.4, -0.2) is 34.1 Å². The van der Waals surface area contributed by atoms with Gasteiger partial charge in [0.25, 0.3) is 0 Å². The summed E-state index contributed by atoms with van der Waals surface area (Å²) in [5.74, 6) is -0.325. The molecule has 0 bridgehead atoms. The summed E-state index contributed by atoms with van der Waals surface area (Å²) in [5.41, 5.74) is 5.14. The average Bonchev–Trinajstić information content (AvgIpc) is 3.12. The minimum absolute atomic E-state index is 0.194. The molecule has 29 heavy (non-hydrogen) atoms. The molecule has 1 unspecified atom stereocenters. The summed E-state index contributed by atoms with van der Waals surface area (Å²) in [4.78, 5) is 17.9. The van der Waals surface area contributed by atoms with Crippen LogP contribution in [0, 0.1) is 0 Å². The van der Waals surface area contributed by atoms with Gasteiger partial charge < -0.3 is 19.9 Å². The summed E-state index contributed by atoms with van der Waals surface area (Å²) in [6.45, 7) is 5.20. The van der Waals surface area contributed by atoms with Crippen LogP contribution in [0.25, 0.3) is 10.9 Å². The minimum atomic E-state index is -0.325. The number of ether oxygens (including phenoxy) is 1. The SMILES string of the molecule is CCOC(=O)c1cccc(NC(=S)N2CCc3c([nH]c4ccccc34)C2CC)c1. The largest absolute Gasteiger partial charge is 0.462 e. The highest BCUT2D eigenvalue weighted by atomic mass is 32.1. The lowest BCUT2D eigenvalue weighted by Gasteiger charge is -2.37. The van der Waals surface area contributed by atoms with E-state index in [-0.39, 0.29) is 12.0 Å². The van der Waals surface area contributed by atoms with Crippen molar-refractivity contribution < 1.29 is 9.53 Å². The Morgan fingerprint density at radius 2 is 2.07 bits per heavy atom. The number of carbonyl (C=O) groups excluding carboxylic acids is 1. The van der Waals surface area contributed by atoms with Crippen LogP contribution in [0.2, 0.25) is 0 Å². The van der Waals surface area contributed by atoms with E-state index in [0.717, 1.165) is 25.1 Å². The summed E-state index contributed by atoms with van der Waals surface area (Å²) in [6.07, 6.45) is 1.89. The number of thiocarbonyl (C=S) groups is 1. The van der Waals surface area contributed by atoms with Gasteiger partial charge in [-0.3, -0.25) is 0 Å². The van der Waals surface area contributed by atoms with Gasteiger partial charge in [0.1, 0.15) is 0 Å². The van der Waals surface area contributed by atoms with Crippen LogP contribution in [0.1, 0.15) is 47.9 Å². The van der Waals surface area contributed by atoms with Crippen LogP contribution in [0.15, 0.2) is 48.5 Å². The van der Waals surface area contributed by atoms with Crippen LogP contribution in [0.3, 0.4) is 0 Å². The lowest BCUT2D eigenvalue weighted by Crippen LogP contribution is -2.42. The monoisotopic (exact) mass is 407 g/mol. The van der Waals surface area contributed by atoms with E-state index in [0.29, 0.717) is 17.3 Å². The average molecular weight is 408 g/mol. The topological polar surface area (TPSA) is 57.4 Å². The van der Waals surface area contributed by atoms with Crippen LogP contribution < -0.4 is 5.32 Å². The molecule has 2 aromatic carbocycles. The highest BCUT2D eigenvalue weighted by Gasteiger charge is 2.30. The van der Waals surface area contributed by atoms with Gasteiger partial charge in [-0.2, -0.15) is 0 Å². The highest BCUT2D eigenvalue weighted by Crippen LogP contribution is 2.36. The molecule has 0 saturated carbocycles. The van der Waals surface area contributed by atoms with E-state index in [4.69, 9.17) is 17.0 Å². The van der Waals surface area contributed by atoms with Crippen molar-refractivity contribution in [2.24, 2.45) is 0 Å². The number of hydrogen-bond acceptors (Lipinski definition) is 3. The van der Waals surface area contributed by atoms with Crippen molar-refractivity contribution in [1.82, 2.24) is 9.88 Å². The lowest BCUT2D eigenvalue weighted by atomic mass is 9.96. The van der Waals surface area contributed by atoms with E-state index >= 15 is 0 Å². The Morgan fingerprint density at radius 3 is 2.86 bits per heavy atom. The molecule has 150 valence electrons. The molecule has 2 heterocycles. The molecule has 1 aromatic heterocycles. The normalized spacial score (nSPS) is 15.8. The molecule has 1 atom stereocenters. The van der Waals surface area contributed by atoms with E-state index in [1.807, 2.05) is 12.1 Å². The highest BCUT2D eigenvalue weighted by molar-refractivity contribution is 7.80. The molecular formula is C23H25N3O2S. The van der Waals surface area contributed by atoms with Gasteiger partial charge >= 0.3 is 5.97 Å². The fraction of sp³-hybridized carbons (Fsp3) is 0.304. The zero-order valence-corrected chi connectivity index (χ0v) is 17.5. The molecule has 0 spiro atoms.